The molecule has 0 aliphatic heterocycles. The van der Waals surface area contributed by atoms with Gasteiger partial charge in [0, 0.05) is 36.9 Å². The molecule has 1 saturated carbocycles. The number of hydrogen-bond acceptors (Lipinski definition) is 3. The van der Waals surface area contributed by atoms with E-state index in [1.807, 2.05) is 52.9 Å². The Bertz CT molecular complexity index is 878. The highest BCUT2D eigenvalue weighted by atomic mass is 16.2. The van der Waals surface area contributed by atoms with Crippen LogP contribution in [0.25, 0.3) is 5.65 Å². The number of fused-ring (bicyclic) bond motifs is 1. The van der Waals surface area contributed by atoms with Gasteiger partial charge < -0.3 is 15.0 Å². The first kappa shape index (κ1) is 15.7. The molecular weight excluding hydrogens is 316 g/mol. The van der Waals surface area contributed by atoms with Gasteiger partial charge in [-0.3, -0.25) is 4.68 Å². The van der Waals surface area contributed by atoms with Crippen molar-refractivity contribution >= 4 is 17.4 Å². The number of anilines is 1. The minimum atomic E-state index is -0.237. The zero-order valence-corrected chi connectivity index (χ0v) is 14.2. The van der Waals surface area contributed by atoms with Crippen LogP contribution >= 0.6 is 0 Å². The third-order valence-electron chi connectivity index (χ3n) is 4.82. The molecule has 3 heterocycles. The Kier molecular flexibility index (Phi) is 4.13. The van der Waals surface area contributed by atoms with Gasteiger partial charge >= 0.3 is 6.03 Å². The largest absolute Gasteiger partial charge is 0.331 e. The van der Waals surface area contributed by atoms with Gasteiger partial charge in [-0.05, 0) is 37.8 Å². The molecule has 2 amide bonds. The van der Waals surface area contributed by atoms with E-state index in [1.165, 1.54) is 19.3 Å². The third kappa shape index (κ3) is 3.50. The van der Waals surface area contributed by atoms with Crippen molar-refractivity contribution in [2.24, 2.45) is 5.92 Å². The topological polar surface area (TPSA) is 76.2 Å². The van der Waals surface area contributed by atoms with Crippen molar-refractivity contribution in [1.29, 1.82) is 0 Å². The molecule has 1 aliphatic rings. The molecule has 130 valence electrons. The summed E-state index contributed by atoms with van der Waals surface area (Å²) in [6.45, 7) is 2.94. The number of amides is 2. The second-order valence-electron chi connectivity index (χ2n) is 6.72. The van der Waals surface area contributed by atoms with Crippen molar-refractivity contribution < 1.29 is 4.79 Å². The van der Waals surface area contributed by atoms with Gasteiger partial charge in [-0.1, -0.05) is 6.42 Å². The fourth-order valence-corrected chi connectivity index (χ4v) is 3.08. The molecule has 0 bridgehead atoms. The Hall–Kier alpha value is -2.83. The Morgan fingerprint density at radius 3 is 3.04 bits per heavy atom. The average molecular weight is 338 g/mol. The fourth-order valence-electron chi connectivity index (χ4n) is 3.08. The van der Waals surface area contributed by atoms with Crippen LogP contribution in [0.5, 0.6) is 0 Å². The molecule has 7 nitrogen and oxygen atoms in total. The first-order chi connectivity index (χ1) is 12.2. The summed E-state index contributed by atoms with van der Waals surface area (Å²) in [6, 6.07) is 3.36. The fraction of sp³-hybridized carbons (Fsp3) is 0.389. The van der Waals surface area contributed by atoms with Gasteiger partial charge in [-0.15, -0.1) is 0 Å². The molecule has 2 N–H and O–H groups in total. The van der Waals surface area contributed by atoms with Gasteiger partial charge in [0.2, 0.25) is 0 Å². The van der Waals surface area contributed by atoms with Crippen LogP contribution in [0.2, 0.25) is 0 Å². The summed E-state index contributed by atoms with van der Waals surface area (Å²) in [6.07, 6.45) is 13.2. The number of pyridine rings is 1. The molecule has 3 aromatic heterocycles. The molecule has 0 saturated heterocycles. The van der Waals surface area contributed by atoms with Crippen LogP contribution in [0.1, 0.15) is 37.8 Å². The van der Waals surface area contributed by atoms with Crippen molar-refractivity contribution in [1.82, 2.24) is 24.5 Å². The van der Waals surface area contributed by atoms with E-state index in [9.17, 15) is 4.79 Å². The number of urea groups is 1. The van der Waals surface area contributed by atoms with Gasteiger partial charge in [-0.25, -0.2) is 9.78 Å². The molecule has 1 unspecified atom stereocenters. The standard InChI is InChI=1S/C18H22N6O/c1-13(15-9-20-24(11-15)10-14-3-2-4-14)21-18(25)22-16-5-6-17-19-7-8-23(17)12-16/h5-9,11-14H,2-4,10H2,1H3,(H2,21,22,25). The lowest BCUT2D eigenvalue weighted by Gasteiger charge is -2.24. The van der Waals surface area contributed by atoms with Crippen molar-refractivity contribution in [3.63, 3.8) is 0 Å². The maximum absolute atomic E-state index is 12.2. The van der Waals surface area contributed by atoms with Gasteiger partial charge in [0.05, 0.1) is 17.9 Å². The van der Waals surface area contributed by atoms with Crippen molar-refractivity contribution in [2.75, 3.05) is 5.32 Å². The summed E-state index contributed by atoms with van der Waals surface area (Å²) in [7, 11) is 0. The molecule has 25 heavy (non-hydrogen) atoms. The van der Waals surface area contributed by atoms with Crippen LogP contribution < -0.4 is 10.6 Å². The van der Waals surface area contributed by atoms with Gasteiger partial charge in [0.15, 0.2) is 0 Å². The Labute approximate surface area is 146 Å². The summed E-state index contributed by atoms with van der Waals surface area (Å²) in [5.41, 5.74) is 2.58. The van der Waals surface area contributed by atoms with Gasteiger partial charge in [0.25, 0.3) is 0 Å². The van der Waals surface area contributed by atoms with Crippen molar-refractivity contribution in [3.05, 3.63) is 48.7 Å². The summed E-state index contributed by atoms with van der Waals surface area (Å²) < 4.78 is 3.85. The molecule has 1 fully saturated rings. The van der Waals surface area contributed by atoms with Gasteiger partial charge in [-0.2, -0.15) is 5.10 Å². The van der Waals surface area contributed by atoms with E-state index in [0.717, 1.165) is 29.4 Å². The molecule has 1 atom stereocenters. The Morgan fingerprint density at radius 2 is 2.24 bits per heavy atom. The lowest BCUT2D eigenvalue weighted by atomic mass is 9.85. The predicted octanol–water partition coefficient (Wildman–Crippen LogP) is 3.21. The maximum Gasteiger partial charge on any atom is 0.319 e. The molecule has 1 aliphatic carbocycles. The number of nitrogens with zero attached hydrogens (tertiary/aromatic N) is 4. The molecule has 4 rings (SSSR count). The van der Waals surface area contributed by atoms with Crippen LogP contribution in [0.15, 0.2) is 43.1 Å². The summed E-state index contributed by atoms with van der Waals surface area (Å²) in [5, 5.41) is 10.2. The van der Waals surface area contributed by atoms with E-state index in [1.54, 1.807) is 6.20 Å². The van der Waals surface area contributed by atoms with Crippen LogP contribution in [0, 0.1) is 5.92 Å². The highest BCUT2D eigenvalue weighted by Crippen LogP contribution is 2.27. The van der Waals surface area contributed by atoms with E-state index >= 15 is 0 Å². The summed E-state index contributed by atoms with van der Waals surface area (Å²) in [4.78, 5) is 16.4. The molecule has 0 spiro atoms. The van der Waals surface area contributed by atoms with E-state index in [-0.39, 0.29) is 12.1 Å². The van der Waals surface area contributed by atoms with Crippen LogP contribution in [0.3, 0.4) is 0 Å². The van der Waals surface area contributed by atoms with E-state index in [0.29, 0.717) is 0 Å². The van der Waals surface area contributed by atoms with E-state index < -0.39 is 0 Å². The number of carbonyl (C=O) groups excluding carboxylic acids is 1. The molecule has 0 radical (unpaired) electrons. The number of hydrogen-bond donors (Lipinski definition) is 2. The second-order valence-corrected chi connectivity index (χ2v) is 6.72. The van der Waals surface area contributed by atoms with Crippen LogP contribution in [0.4, 0.5) is 10.5 Å². The minimum absolute atomic E-state index is 0.105. The summed E-state index contributed by atoms with van der Waals surface area (Å²) >= 11 is 0. The lowest BCUT2D eigenvalue weighted by molar-refractivity contribution is 0.249. The number of nitrogens with one attached hydrogen (secondary N) is 2. The van der Waals surface area contributed by atoms with Crippen LogP contribution in [-0.2, 0) is 6.54 Å². The minimum Gasteiger partial charge on any atom is -0.331 e. The van der Waals surface area contributed by atoms with E-state index in [4.69, 9.17) is 0 Å². The Balaban J connectivity index is 1.34. The normalized spacial score (nSPS) is 15.7. The molecule has 7 heteroatoms. The number of carbonyl (C=O) groups is 1. The second kappa shape index (κ2) is 6.58. The molecule has 3 aromatic rings. The third-order valence-corrected chi connectivity index (χ3v) is 4.82. The quantitative estimate of drug-likeness (QED) is 0.750. The number of rotatable bonds is 5. The van der Waals surface area contributed by atoms with Crippen molar-refractivity contribution in [2.45, 2.75) is 38.8 Å². The first-order valence-electron chi connectivity index (χ1n) is 8.70. The number of imidazole rings is 1. The monoisotopic (exact) mass is 338 g/mol. The van der Waals surface area contributed by atoms with Crippen LogP contribution in [-0.4, -0.2) is 25.2 Å². The average Bonchev–Trinajstić information content (AvgIpc) is 3.19. The highest BCUT2D eigenvalue weighted by Gasteiger charge is 2.19. The maximum atomic E-state index is 12.2. The zero-order chi connectivity index (χ0) is 17.2. The summed E-state index contributed by atoms with van der Waals surface area (Å²) in [5.74, 6) is 0.761. The highest BCUT2D eigenvalue weighted by molar-refractivity contribution is 5.89. The predicted molar refractivity (Wildman–Crippen MR) is 95.3 cm³/mol. The zero-order valence-electron chi connectivity index (χ0n) is 14.2. The lowest BCUT2D eigenvalue weighted by Crippen LogP contribution is -2.31. The van der Waals surface area contributed by atoms with E-state index in [2.05, 4.69) is 20.7 Å². The van der Waals surface area contributed by atoms with Crippen molar-refractivity contribution in [3.8, 4) is 0 Å². The molecule has 0 aromatic carbocycles. The Morgan fingerprint density at radius 1 is 1.36 bits per heavy atom. The SMILES string of the molecule is CC(NC(=O)Nc1ccc2nccn2c1)c1cnn(CC2CCC2)c1. The number of aromatic nitrogens is 4. The molecular formula is C18H22N6O. The first-order valence-corrected chi connectivity index (χ1v) is 8.70. The smallest absolute Gasteiger partial charge is 0.319 e. The van der Waals surface area contributed by atoms with Gasteiger partial charge in [0.1, 0.15) is 5.65 Å².